The van der Waals surface area contributed by atoms with Crippen molar-refractivity contribution in [2.75, 3.05) is 11.9 Å². The first-order chi connectivity index (χ1) is 14.5. The summed E-state index contributed by atoms with van der Waals surface area (Å²) in [5, 5.41) is 7.23. The average molecular weight is 423 g/mol. The summed E-state index contributed by atoms with van der Waals surface area (Å²) in [4.78, 5) is 26.2. The first-order valence-corrected chi connectivity index (χ1v) is 10.5. The molecule has 154 valence electrons. The monoisotopic (exact) mass is 422 g/mol. The summed E-state index contributed by atoms with van der Waals surface area (Å²) in [5.74, 6) is 0.218. The number of anilines is 1. The molecule has 1 amide bonds. The molecule has 0 saturated carbocycles. The maximum absolute atomic E-state index is 12.6. The van der Waals surface area contributed by atoms with Crippen LogP contribution in [-0.2, 0) is 0 Å². The summed E-state index contributed by atoms with van der Waals surface area (Å²) in [5.41, 5.74) is 2.96. The van der Waals surface area contributed by atoms with Crippen LogP contribution < -0.4 is 20.1 Å². The largest absolute Gasteiger partial charge is 0.490 e. The lowest BCUT2D eigenvalue weighted by Gasteiger charge is -2.27. The predicted molar refractivity (Wildman–Crippen MR) is 117 cm³/mol. The molecule has 2 heterocycles. The Kier molecular flexibility index (Phi) is 5.46. The van der Waals surface area contributed by atoms with Crippen LogP contribution in [-0.4, -0.2) is 18.5 Å². The van der Waals surface area contributed by atoms with Crippen LogP contribution in [0.1, 0.15) is 49.8 Å². The number of hydrogen-bond acceptors (Lipinski definition) is 6. The van der Waals surface area contributed by atoms with E-state index in [1.165, 1.54) is 0 Å². The smallest absolute Gasteiger partial charge is 0.343 e. The molecule has 1 aromatic heterocycles. The van der Waals surface area contributed by atoms with Gasteiger partial charge in [0.05, 0.1) is 17.7 Å². The highest BCUT2D eigenvalue weighted by Gasteiger charge is 2.29. The Balaban J connectivity index is 1.60. The molecule has 2 aromatic carbocycles. The van der Waals surface area contributed by atoms with Gasteiger partial charge in [0, 0.05) is 4.88 Å². The molecule has 0 fully saturated rings. The molecule has 0 aliphatic carbocycles. The fraction of sp³-hybridized carbons (Fsp3) is 0.217. The van der Waals surface area contributed by atoms with Crippen molar-refractivity contribution < 1.29 is 19.1 Å². The highest BCUT2D eigenvalue weighted by atomic mass is 32.1. The lowest BCUT2D eigenvalue weighted by molar-refractivity contribution is 0.0728. The van der Waals surface area contributed by atoms with Crippen LogP contribution in [0.3, 0.4) is 0 Å². The van der Waals surface area contributed by atoms with Crippen LogP contribution in [0.4, 0.5) is 5.00 Å². The van der Waals surface area contributed by atoms with Crippen LogP contribution in [0.2, 0.25) is 0 Å². The van der Waals surface area contributed by atoms with Gasteiger partial charge in [-0.1, -0.05) is 24.3 Å². The van der Waals surface area contributed by atoms with Crippen LogP contribution in [0.15, 0.2) is 48.5 Å². The Hall–Kier alpha value is -3.32. The van der Waals surface area contributed by atoms with Crippen LogP contribution in [0.25, 0.3) is 0 Å². The van der Waals surface area contributed by atoms with Gasteiger partial charge in [-0.2, -0.15) is 0 Å². The molecule has 1 atom stereocenters. The van der Waals surface area contributed by atoms with Gasteiger partial charge < -0.3 is 20.1 Å². The van der Waals surface area contributed by atoms with Crippen molar-refractivity contribution in [1.29, 1.82) is 0 Å². The van der Waals surface area contributed by atoms with E-state index >= 15 is 0 Å². The van der Waals surface area contributed by atoms with Crippen molar-refractivity contribution in [3.05, 3.63) is 75.7 Å². The average Bonchev–Trinajstić information content (AvgIpc) is 3.04. The number of benzene rings is 2. The number of fused-ring (bicyclic) bond motifs is 1. The Labute approximate surface area is 178 Å². The third kappa shape index (κ3) is 3.76. The molecule has 1 aliphatic heterocycles. The molecule has 3 aromatic rings. The summed E-state index contributed by atoms with van der Waals surface area (Å²) >= 11 is 1.57. The molecule has 2 N–H and O–H groups in total. The zero-order valence-electron chi connectivity index (χ0n) is 16.9. The number of hydrogen-bond donors (Lipinski definition) is 2. The van der Waals surface area contributed by atoms with Crippen LogP contribution in [0, 0.1) is 13.8 Å². The van der Waals surface area contributed by atoms with Gasteiger partial charge in [-0.15, -0.1) is 11.3 Å². The number of aryl methyl sites for hydroxylation is 1. The summed E-state index contributed by atoms with van der Waals surface area (Å²) in [6.07, 6.45) is -0.402. The van der Waals surface area contributed by atoms with E-state index in [-0.39, 0.29) is 5.91 Å². The Morgan fingerprint density at radius 3 is 2.57 bits per heavy atom. The summed E-state index contributed by atoms with van der Waals surface area (Å²) < 4.78 is 11.3. The Morgan fingerprint density at radius 2 is 1.83 bits per heavy atom. The SMILES string of the molecule is CCOc1cc([C@@H]2NC(=O)c3c(sc(C)c3C)N2)ccc1OC(=O)c1ccccc1. The molecule has 0 bridgehead atoms. The molecule has 1 aliphatic rings. The van der Waals surface area contributed by atoms with Gasteiger partial charge in [-0.05, 0) is 56.2 Å². The minimum Gasteiger partial charge on any atom is -0.490 e. The number of esters is 1. The highest BCUT2D eigenvalue weighted by Crippen LogP contribution is 2.39. The lowest BCUT2D eigenvalue weighted by atomic mass is 10.1. The van der Waals surface area contributed by atoms with Crippen molar-refractivity contribution >= 4 is 28.2 Å². The maximum atomic E-state index is 12.6. The van der Waals surface area contributed by atoms with E-state index < -0.39 is 12.1 Å². The van der Waals surface area contributed by atoms with E-state index in [0.29, 0.717) is 29.2 Å². The second-order valence-electron chi connectivity index (χ2n) is 6.93. The first-order valence-electron chi connectivity index (χ1n) is 9.69. The third-order valence-corrected chi connectivity index (χ3v) is 6.11. The maximum Gasteiger partial charge on any atom is 0.343 e. The molecule has 0 spiro atoms. The van der Waals surface area contributed by atoms with E-state index in [0.717, 1.165) is 21.0 Å². The van der Waals surface area contributed by atoms with E-state index in [1.807, 2.05) is 32.9 Å². The van der Waals surface area contributed by atoms with Crippen molar-refractivity contribution in [1.82, 2.24) is 5.32 Å². The zero-order chi connectivity index (χ0) is 21.3. The molecule has 0 saturated heterocycles. The molecule has 4 rings (SSSR count). The fourth-order valence-corrected chi connectivity index (χ4v) is 4.41. The molecular weight excluding hydrogens is 400 g/mol. The number of ether oxygens (including phenoxy) is 2. The van der Waals surface area contributed by atoms with Gasteiger partial charge in [0.15, 0.2) is 11.5 Å². The second-order valence-corrected chi connectivity index (χ2v) is 8.16. The van der Waals surface area contributed by atoms with Crippen molar-refractivity contribution in [3.8, 4) is 11.5 Å². The van der Waals surface area contributed by atoms with Crippen molar-refractivity contribution in [2.45, 2.75) is 26.9 Å². The van der Waals surface area contributed by atoms with Crippen LogP contribution in [0.5, 0.6) is 11.5 Å². The summed E-state index contributed by atoms with van der Waals surface area (Å²) in [6, 6.07) is 14.1. The van der Waals surface area contributed by atoms with Gasteiger partial charge >= 0.3 is 5.97 Å². The van der Waals surface area contributed by atoms with Crippen LogP contribution >= 0.6 is 11.3 Å². The number of thiophene rings is 1. The first kappa shape index (κ1) is 20.0. The third-order valence-electron chi connectivity index (χ3n) is 4.98. The molecule has 0 radical (unpaired) electrons. The minimum atomic E-state index is -0.456. The van der Waals surface area contributed by atoms with Crippen molar-refractivity contribution in [3.63, 3.8) is 0 Å². The number of rotatable bonds is 5. The summed E-state index contributed by atoms with van der Waals surface area (Å²) in [6.45, 7) is 6.23. The number of nitrogens with one attached hydrogen (secondary N) is 2. The van der Waals surface area contributed by atoms with E-state index in [1.54, 1.807) is 47.7 Å². The molecule has 7 heteroatoms. The predicted octanol–water partition coefficient (Wildman–Crippen LogP) is 4.84. The Bertz CT molecular complexity index is 1110. The zero-order valence-corrected chi connectivity index (χ0v) is 17.8. The number of carbonyl (C=O) groups is 2. The molecule has 30 heavy (non-hydrogen) atoms. The summed E-state index contributed by atoms with van der Waals surface area (Å²) in [7, 11) is 0. The molecule has 6 nitrogen and oxygen atoms in total. The second kappa shape index (κ2) is 8.20. The van der Waals surface area contributed by atoms with E-state index in [2.05, 4.69) is 10.6 Å². The fourth-order valence-electron chi connectivity index (χ4n) is 3.33. The topological polar surface area (TPSA) is 76.7 Å². The molecular formula is C23H22N2O4S. The molecule has 0 unspecified atom stereocenters. The van der Waals surface area contributed by atoms with Gasteiger partial charge in [0.2, 0.25) is 0 Å². The standard InChI is InChI=1S/C23H22N2O4S/c1-4-28-18-12-16(10-11-17(18)29-23(27)15-8-6-5-7-9-15)20-24-21(26)19-13(2)14(3)30-22(19)25-20/h5-12,20,25H,4H2,1-3H3,(H,24,26)/t20-/m1/s1. The number of amides is 1. The van der Waals surface area contributed by atoms with E-state index in [4.69, 9.17) is 9.47 Å². The quantitative estimate of drug-likeness (QED) is 0.455. The minimum absolute atomic E-state index is 0.104. The van der Waals surface area contributed by atoms with Gasteiger partial charge in [-0.3, -0.25) is 4.79 Å². The Morgan fingerprint density at radius 1 is 1.07 bits per heavy atom. The van der Waals surface area contributed by atoms with Gasteiger partial charge in [0.1, 0.15) is 11.2 Å². The van der Waals surface area contributed by atoms with Gasteiger partial charge in [0.25, 0.3) is 5.91 Å². The van der Waals surface area contributed by atoms with E-state index in [9.17, 15) is 9.59 Å². The lowest BCUT2D eigenvalue weighted by Crippen LogP contribution is -2.38. The van der Waals surface area contributed by atoms with Gasteiger partial charge in [-0.25, -0.2) is 4.79 Å². The van der Waals surface area contributed by atoms with Crippen molar-refractivity contribution in [2.24, 2.45) is 0 Å². The normalized spacial score (nSPS) is 15.0. The number of carbonyl (C=O) groups excluding carboxylic acids is 2. The highest BCUT2D eigenvalue weighted by molar-refractivity contribution is 7.16.